The molecule has 6 nitrogen and oxygen atoms in total. The molecule has 4 aromatic heterocycles. The molecule has 9 aromatic carbocycles. The molecular weight excluding hydrogens is 759 g/mol. The van der Waals surface area contributed by atoms with Gasteiger partial charge in [0, 0.05) is 60.5 Å². The molecule has 0 bridgehead atoms. The van der Waals surface area contributed by atoms with E-state index in [2.05, 4.69) is 196 Å². The minimum Gasteiger partial charge on any atom is -0.454 e. The SMILES string of the molecule is c1ccc(-c2nnc(-c3ccc4c(c3)c3ccccc3n4-c3cccc(-c4cccc(-n5c6ccccc6c6ccc7c8ccccc8oc7c65)c4)c3)n2-c2ccccc2)cc1. The molecule has 0 saturated heterocycles. The van der Waals surface area contributed by atoms with Crippen molar-refractivity contribution in [3.05, 3.63) is 212 Å². The first-order valence-electron chi connectivity index (χ1n) is 20.9. The Hall–Kier alpha value is -8.48. The Morgan fingerprint density at radius 1 is 0.306 bits per heavy atom. The molecule has 0 aliphatic heterocycles. The van der Waals surface area contributed by atoms with Gasteiger partial charge in [0.1, 0.15) is 5.58 Å². The van der Waals surface area contributed by atoms with E-state index in [1.54, 1.807) is 0 Å². The molecule has 0 unspecified atom stereocenters. The average molecular weight is 794 g/mol. The van der Waals surface area contributed by atoms with Crippen molar-refractivity contribution in [2.75, 3.05) is 0 Å². The fourth-order valence-corrected chi connectivity index (χ4v) is 9.61. The fraction of sp³-hybridized carbons (Fsp3) is 0. The van der Waals surface area contributed by atoms with E-state index in [9.17, 15) is 0 Å². The average Bonchev–Trinajstić information content (AvgIpc) is 4.12. The number of benzene rings is 9. The minimum absolute atomic E-state index is 0.792. The Morgan fingerprint density at radius 2 is 0.839 bits per heavy atom. The van der Waals surface area contributed by atoms with E-state index >= 15 is 0 Å². The largest absolute Gasteiger partial charge is 0.454 e. The molecule has 0 aliphatic rings. The predicted molar refractivity (Wildman–Crippen MR) is 254 cm³/mol. The highest BCUT2D eigenvalue weighted by Crippen LogP contribution is 2.41. The monoisotopic (exact) mass is 793 g/mol. The molecule has 0 fully saturated rings. The molecule has 13 rings (SSSR count). The quantitative estimate of drug-likeness (QED) is 0.168. The first-order chi connectivity index (χ1) is 30.8. The molecule has 290 valence electrons. The molecule has 0 saturated carbocycles. The lowest BCUT2D eigenvalue weighted by atomic mass is 10.0. The van der Waals surface area contributed by atoms with Crippen LogP contribution < -0.4 is 0 Å². The maximum absolute atomic E-state index is 6.65. The molecule has 6 heteroatoms. The summed E-state index contributed by atoms with van der Waals surface area (Å²) in [6.07, 6.45) is 0. The molecule has 0 N–H and O–H groups in total. The minimum atomic E-state index is 0.792. The Labute approximate surface area is 355 Å². The third-order valence-electron chi connectivity index (χ3n) is 12.4. The summed E-state index contributed by atoms with van der Waals surface area (Å²) < 4.78 is 13.6. The Bertz CT molecular complexity index is 3870. The first-order valence-corrected chi connectivity index (χ1v) is 20.9. The third-order valence-corrected chi connectivity index (χ3v) is 12.4. The van der Waals surface area contributed by atoms with Gasteiger partial charge in [0.15, 0.2) is 17.2 Å². The van der Waals surface area contributed by atoms with E-state index in [4.69, 9.17) is 14.6 Å². The number of nitrogens with zero attached hydrogens (tertiary/aromatic N) is 5. The van der Waals surface area contributed by atoms with Gasteiger partial charge in [-0.3, -0.25) is 4.57 Å². The smallest absolute Gasteiger partial charge is 0.168 e. The first kappa shape index (κ1) is 34.4. The van der Waals surface area contributed by atoms with Crippen LogP contribution in [0.1, 0.15) is 0 Å². The normalized spacial score (nSPS) is 11.9. The lowest BCUT2D eigenvalue weighted by molar-refractivity contribution is 0.671. The summed E-state index contributed by atoms with van der Waals surface area (Å²) in [6.45, 7) is 0. The zero-order valence-corrected chi connectivity index (χ0v) is 33.4. The summed E-state index contributed by atoms with van der Waals surface area (Å²) in [4.78, 5) is 0. The highest BCUT2D eigenvalue weighted by atomic mass is 16.3. The van der Waals surface area contributed by atoms with Crippen LogP contribution in [0, 0.1) is 0 Å². The summed E-state index contributed by atoms with van der Waals surface area (Å²) in [6, 6.07) is 75.1. The van der Waals surface area contributed by atoms with Crippen molar-refractivity contribution in [1.29, 1.82) is 0 Å². The van der Waals surface area contributed by atoms with E-state index in [0.717, 1.165) is 100 Å². The molecule has 0 spiro atoms. The van der Waals surface area contributed by atoms with Gasteiger partial charge in [-0.25, -0.2) is 0 Å². The standard InChI is InChI=1S/C56H35N5O/c1-3-15-36(16-4-1)55-57-58-56(61(55)40-19-5-2-6-20-40)39-29-32-51-48(35-39)44-24-8-10-26-49(44)59(51)41-21-13-17-37(33-41)38-18-14-22-42(34-38)60-50-27-11-7-23-43(50)46-30-31-47-45-25-9-12-28-52(45)62-54(47)53(46)60/h1-35H. The van der Waals surface area contributed by atoms with E-state index in [1.807, 2.05) is 30.3 Å². The van der Waals surface area contributed by atoms with Crippen molar-refractivity contribution in [3.63, 3.8) is 0 Å². The number of furan rings is 1. The molecule has 62 heavy (non-hydrogen) atoms. The summed E-state index contributed by atoms with van der Waals surface area (Å²) >= 11 is 0. The number of fused-ring (bicyclic) bond motifs is 10. The molecule has 4 heterocycles. The van der Waals surface area contributed by atoms with Crippen molar-refractivity contribution >= 4 is 65.6 Å². The Kier molecular flexibility index (Phi) is 7.50. The number of rotatable bonds is 6. The molecule has 0 aliphatic carbocycles. The Morgan fingerprint density at radius 3 is 1.58 bits per heavy atom. The number of aromatic nitrogens is 5. The molecule has 0 radical (unpaired) electrons. The van der Waals surface area contributed by atoms with Crippen molar-refractivity contribution < 1.29 is 4.42 Å². The molecule has 0 amide bonds. The van der Waals surface area contributed by atoms with Gasteiger partial charge < -0.3 is 13.6 Å². The fourth-order valence-electron chi connectivity index (χ4n) is 9.61. The summed E-state index contributed by atoms with van der Waals surface area (Å²) in [5.41, 5.74) is 13.7. The summed E-state index contributed by atoms with van der Waals surface area (Å²) in [5, 5.41) is 16.5. The maximum atomic E-state index is 6.65. The highest BCUT2D eigenvalue weighted by Gasteiger charge is 2.21. The lowest BCUT2D eigenvalue weighted by Gasteiger charge is -2.13. The second-order valence-corrected chi connectivity index (χ2v) is 15.9. The van der Waals surface area contributed by atoms with Crippen molar-refractivity contribution in [1.82, 2.24) is 23.9 Å². The second kappa shape index (κ2) is 13.5. The van der Waals surface area contributed by atoms with Gasteiger partial charge in [-0.1, -0.05) is 133 Å². The van der Waals surface area contributed by atoms with Crippen LogP contribution in [0.3, 0.4) is 0 Å². The molecular formula is C56H35N5O. The molecule has 13 aromatic rings. The molecule has 0 atom stereocenters. The van der Waals surface area contributed by atoms with Crippen LogP contribution in [0.4, 0.5) is 0 Å². The number of hydrogen-bond donors (Lipinski definition) is 0. The topological polar surface area (TPSA) is 53.7 Å². The van der Waals surface area contributed by atoms with Crippen LogP contribution in [-0.2, 0) is 0 Å². The Balaban J connectivity index is 0.954. The van der Waals surface area contributed by atoms with E-state index in [-0.39, 0.29) is 0 Å². The van der Waals surface area contributed by atoms with Crippen molar-refractivity contribution in [2.45, 2.75) is 0 Å². The van der Waals surface area contributed by atoms with Gasteiger partial charge in [-0.15, -0.1) is 10.2 Å². The van der Waals surface area contributed by atoms with Gasteiger partial charge in [0.2, 0.25) is 0 Å². The summed E-state index contributed by atoms with van der Waals surface area (Å²) in [7, 11) is 0. The zero-order valence-electron chi connectivity index (χ0n) is 33.4. The van der Waals surface area contributed by atoms with Crippen LogP contribution in [0.5, 0.6) is 0 Å². The van der Waals surface area contributed by atoms with Gasteiger partial charge >= 0.3 is 0 Å². The van der Waals surface area contributed by atoms with Crippen LogP contribution in [0.15, 0.2) is 217 Å². The number of para-hydroxylation sites is 4. The van der Waals surface area contributed by atoms with Crippen LogP contribution in [0.2, 0.25) is 0 Å². The van der Waals surface area contributed by atoms with E-state index < -0.39 is 0 Å². The van der Waals surface area contributed by atoms with Crippen LogP contribution in [-0.4, -0.2) is 23.9 Å². The summed E-state index contributed by atoms with van der Waals surface area (Å²) in [5.74, 6) is 1.59. The van der Waals surface area contributed by atoms with Crippen molar-refractivity contribution in [3.8, 4) is 51.0 Å². The highest BCUT2D eigenvalue weighted by molar-refractivity contribution is 6.21. The maximum Gasteiger partial charge on any atom is 0.168 e. The zero-order chi connectivity index (χ0) is 40.7. The number of hydrogen-bond acceptors (Lipinski definition) is 3. The van der Waals surface area contributed by atoms with E-state index in [0.29, 0.717) is 0 Å². The lowest BCUT2D eigenvalue weighted by Crippen LogP contribution is -2.00. The van der Waals surface area contributed by atoms with Gasteiger partial charge in [0.05, 0.1) is 22.1 Å². The van der Waals surface area contributed by atoms with Crippen LogP contribution in [0.25, 0.3) is 117 Å². The second-order valence-electron chi connectivity index (χ2n) is 15.9. The predicted octanol–water partition coefficient (Wildman–Crippen LogP) is 14.4. The van der Waals surface area contributed by atoms with Crippen molar-refractivity contribution in [2.24, 2.45) is 0 Å². The van der Waals surface area contributed by atoms with Crippen LogP contribution >= 0.6 is 0 Å². The third kappa shape index (κ3) is 5.17. The van der Waals surface area contributed by atoms with Gasteiger partial charge in [0.25, 0.3) is 0 Å². The van der Waals surface area contributed by atoms with Gasteiger partial charge in [-0.05, 0) is 90.0 Å². The van der Waals surface area contributed by atoms with Gasteiger partial charge in [-0.2, -0.15) is 0 Å². The van der Waals surface area contributed by atoms with E-state index in [1.165, 1.54) is 16.2 Å².